The van der Waals surface area contributed by atoms with Gasteiger partial charge in [0, 0.05) is 5.54 Å². The summed E-state index contributed by atoms with van der Waals surface area (Å²) < 4.78 is 5.61. The fraction of sp³-hybridized carbons (Fsp3) is 0.400. The topological polar surface area (TPSA) is 66.9 Å². The molecule has 6 heteroatoms. The van der Waals surface area contributed by atoms with Crippen LogP contribution in [0.2, 0.25) is 0 Å². The number of hydrogen-bond acceptors (Lipinski definition) is 4. The minimum Gasteiger partial charge on any atom is -0.484 e. The Labute approximate surface area is 183 Å². The Hall–Kier alpha value is -3.15. The van der Waals surface area contributed by atoms with Crippen molar-refractivity contribution >= 4 is 23.4 Å². The number of amides is 3. The van der Waals surface area contributed by atoms with Crippen molar-refractivity contribution in [1.82, 2.24) is 4.90 Å². The van der Waals surface area contributed by atoms with Crippen LogP contribution < -0.4 is 9.64 Å². The number of carbonyl (C=O) groups excluding carboxylic acids is 3. The van der Waals surface area contributed by atoms with Gasteiger partial charge in [-0.15, -0.1) is 0 Å². The lowest BCUT2D eigenvalue weighted by Crippen LogP contribution is -2.55. The Kier molecular flexibility index (Phi) is 6.48. The molecule has 0 saturated carbocycles. The van der Waals surface area contributed by atoms with Gasteiger partial charge < -0.3 is 9.64 Å². The molecule has 1 aliphatic rings. The van der Waals surface area contributed by atoms with Gasteiger partial charge in [-0.1, -0.05) is 44.2 Å². The van der Waals surface area contributed by atoms with Gasteiger partial charge in [-0.3, -0.25) is 14.4 Å². The number of nitrogens with zero attached hydrogens (tertiary/aromatic N) is 2. The molecule has 6 nitrogen and oxygen atoms in total. The van der Waals surface area contributed by atoms with Crippen molar-refractivity contribution in [3.05, 3.63) is 60.2 Å². The molecule has 1 fully saturated rings. The minimum atomic E-state index is -0.857. The quantitative estimate of drug-likeness (QED) is 0.656. The summed E-state index contributed by atoms with van der Waals surface area (Å²) in [7, 11) is 0. The maximum Gasteiger partial charge on any atom is 0.261 e. The zero-order chi connectivity index (χ0) is 22.8. The predicted molar refractivity (Wildman–Crippen MR) is 120 cm³/mol. The van der Waals surface area contributed by atoms with Crippen molar-refractivity contribution in [2.24, 2.45) is 0 Å². The highest BCUT2D eigenvalue weighted by molar-refractivity contribution is 6.23. The summed E-state index contributed by atoms with van der Waals surface area (Å²) in [5, 5.41) is 0. The molecule has 1 heterocycles. The van der Waals surface area contributed by atoms with Gasteiger partial charge in [0.15, 0.2) is 6.61 Å². The number of anilines is 1. The highest BCUT2D eigenvalue weighted by Crippen LogP contribution is 2.30. The van der Waals surface area contributed by atoms with E-state index in [9.17, 15) is 14.4 Å². The van der Waals surface area contributed by atoms with Crippen molar-refractivity contribution in [3.63, 3.8) is 0 Å². The average molecular weight is 423 g/mol. The molecule has 0 bridgehead atoms. The Morgan fingerprint density at radius 1 is 1.06 bits per heavy atom. The molecule has 1 aliphatic heterocycles. The molecule has 0 aromatic heterocycles. The molecule has 31 heavy (non-hydrogen) atoms. The second-order valence-corrected chi connectivity index (χ2v) is 9.07. The second kappa shape index (κ2) is 8.92. The number of imide groups is 1. The molecule has 164 valence electrons. The van der Waals surface area contributed by atoms with Crippen LogP contribution in [0.15, 0.2) is 54.6 Å². The Morgan fingerprint density at radius 3 is 2.23 bits per heavy atom. The van der Waals surface area contributed by atoms with Crippen LogP contribution in [0.4, 0.5) is 5.69 Å². The normalized spacial score (nSPS) is 16.7. The standard InChI is InChI=1S/C25H30N2O4/c1-17(2)18-11-13-19(14-12-18)26-22(28)15-21(24(26)30)27(25(3,4)5)23(29)16-31-20-9-7-6-8-10-20/h6-14,17,21H,15-16H2,1-5H3. The summed E-state index contributed by atoms with van der Waals surface area (Å²) in [5.74, 6) is -0.0982. The third kappa shape index (κ3) is 4.95. The first-order chi connectivity index (χ1) is 14.6. The highest BCUT2D eigenvalue weighted by Gasteiger charge is 2.47. The van der Waals surface area contributed by atoms with Gasteiger partial charge in [0.05, 0.1) is 12.1 Å². The summed E-state index contributed by atoms with van der Waals surface area (Å²) >= 11 is 0. The number of benzene rings is 2. The van der Waals surface area contributed by atoms with E-state index in [1.54, 1.807) is 24.3 Å². The van der Waals surface area contributed by atoms with Gasteiger partial charge in [0.25, 0.3) is 11.8 Å². The first kappa shape index (κ1) is 22.5. The van der Waals surface area contributed by atoms with Crippen LogP contribution in [-0.2, 0) is 14.4 Å². The number of hydrogen-bond donors (Lipinski definition) is 0. The molecule has 1 saturated heterocycles. The summed E-state index contributed by atoms with van der Waals surface area (Å²) in [5.41, 5.74) is 1.00. The largest absolute Gasteiger partial charge is 0.484 e. The predicted octanol–water partition coefficient (Wildman–Crippen LogP) is 4.15. The lowest BCUT2D eigenvalue weighted by atomic mass is 10.0. The van der Waals surface area contributed by atoms with Gasteiger partial charge >= 0.3 is 0 Å². The van der Waals surface area contributed by atoms with Crippen LogP contribution in [0.25, 0.3) is 0 Å². The number of ether oxygens (including phenoxy) is 1. The lowest BCUT2D eigenvalue weighted by molar-refractivity contribution is -0.145. The van der Waals surface area contributed by atoms with Crippen LogP contribution in [0, 0.1) is 0 Å². The fourth-order valence-corrected chi connectivity index (χ4v) is 3.84. The second-order valence-electron chi connectivity index (χ2n) is 9.07. The van der Waals surface area contributed by atoms with E-state index in [1.165, 1.54) is 9.80 Å². The maximum atomic E-state index is 13.3. The zero-order valence-corrected chi connectivity index (χ0v) is 18.8. The van der Waals surface area contributed by atoms with E-state index >= 15 is 0 Å². The first-order valence-corrected chi connectivity index (χ1v) is 10.6. The Morgan fingerprint density at radius 2 is 1.68 bits per heavy atom. The van der Waals surface area contributed by atoms with Gasteiger partial charge in [0.2, 0.25) is 5.91 Å². The molecule has 1 atom stereocenters. The van der Waals surface area contributed by atoms with Crippen LogP contribution in [0.3, 0.4) is 0 Å². The lowest BCUT2D eigenvalue weighted by Gasteiger charge is -2.39. The van der Waals surface area contributed by atoms with Crippen LogP contribution >= 0.6 is 0 Å². The van der Waals surface area contributed by atoms with Crippen molar-refractivity contribution < 1.29 is 19.1 Å². The number of rotatable bonds is 6. The number of carbonyl (C=O) groups is 3. The zero-order valence-electron chi connectivity index (χ0n) is 18.8. The van der Waals surface area contributed by atoms with Gasteiger partial charge in [-0.25, -0.2) is 4.90 Å². The van der Waals surface area contributed by atoms with E-state index in [0.717, 1.165) is 5.56 Å². The molecule has 0 N–H and O–H groups in total. The number of para-hydroxylation sites is 1. The van der Waals surface area contributed by atoms with E-state index in [2.05, 4.69) is 13.8 Å². The SMILES string of the molecule is CC(C)c1ccc(N2C(=O)CC(N(C(=O)COc3ccccc3)C(C)(C)C)C2=O)cc1. The molecule has 0 spiro atoms. The summed E-state index contributed by atoms with van der Waals surface area (Å²) in [6.07, 6.45) is -0.0425. The molecule has 0 radical (unpaired) electrons. The van der Waals surface area contributed by atoms with E-state index in [-0.39, 0.29) is 30.7 Å². The first-order valence-electron chi connectivity index (χ1n) is 10.6. The van der Waals surface area contributed by atoms with E-state index in [0.29, 0.717) is 17.4 Å². The molecule has 0 aliphatic carbocycles. The van der Waals surface area contributed by atoms with Crippen LogP contribution in [0.5, 0.6) is 5.75 Å². The van der Waals surface area contributed by atoms with Gasteiger partial charge in [0.1, 0.15) is 11.8 Å². The minimum absolute atomic E-state index is 0.0425. The third-order valence-electron chi connectivity index (χ3n) is 5.35. The van der Waals surface area contributed by atoms with Crippen molar-refractivity contribution in [2.75, 3.05) is 11.5 Å². The Balaban J connectivity index is 1.81. The Bertz CT molecular complexity index is 946. The van der Waals surface area contributed by atoms with E-state index in [4.69, 9.17) is 4.74 Å². The molecule has 2 aromatic rings. The highest BCUT2D eigenvalue weighted by atomic mass is 16.5. The molecular weight excluding hydrogens is 392 g/mol. The van der Waals surface area contributed by atoms with Crippen LogP contribution in [0.1, 0.15) is 52.5 Å². The molecular formula is C25H30N2O4. The summed E-state index contributed by atoms with van der Waals surface area (Å²) in [6, 6.07) is 15.6. The van der Waals surface area contributed by atoms with Crippen molar-refractivity contribution in [1.29, 1.82) is 0 Å². The maximum absolute atomic E-state index is 13.3. The molecule has 1 unspecified atom stereocenters. The summed E-state index contributed by atoms with van der Waals surface area (Å²) in [6.45, 7) is 9.52. The monoisotopic (exact) mass is 422 g/mol. The smallest absolute Gasteiger partial charge is 0.261 e. The van der Waals surface area contributed by atoms with Gasteiger partial charge in [-0.2, -0.15) is 0 Å². The van der Waals surface area contributed by atoms with Crippen LogP contribution in [-0.4, -0.2) is 40.8 Å². The van der Waals surface area contributed by atoms with E-state index < -0.39 is 11.6 Å². The molecule has 3 amide bonds. The molecule has 3 rings (SSSR count). The average Bonchev–Trinajstić information content (AvgIpc) is 3.00. The van der Waals surface area contributed by atoms with Gasteiger partial charge in [-0.05, 0) is 56.5 Å². The van der Waals surface area contributed by atoms with Crippen molar-refractivity contribution in [2.45, 2.75) is 58.5 Å². The van der Waals surface area contributed by atoms with E-state index in [1.807, 2.05) is 51.1 Å². The third-order valence-corrected chi connectivity index (χ3v) is 5.35. The summed E-state index contributed by atoms with van der Waals surface area (Å²) in [4.78, 5) is 41.8. The fourth-order valence-electron chi connectivity index (χ4n) is 3.84. The van der Waals surface area contributed by atoms with Crippen molar-refractivity contribution in [3.8, 4) is 5.75 Å². The molecule has 2 aromatic carbocycles.